The molecule has 0 unspecified atom stereocenters. The maximum Gasteiger partial charge on any atom is 0.255 e. The number of rotatable bonds is 2. The SMILES string of the molecule is O=C(c1ccc(N2CCC3(CC2)OCCO3)nc1)N1CCc2ccccc2C1. The molecule has 1 aromatic heterocycles. The summed E-state index contributed by atoms with van der Waals surface area (Å²) in [4.78, 5) is 21.6. The van der Waals surface area contributed by atoms with Gasteiger partial charge in [0.25, 0.3) is 5.91 Å². The lowest BCUT2D eigenvalue weighted by Gasteiger charge is -2.38. The van der Waals surface area contributed by atoms with E-state index in [0.29, 0.717) is 25.3 Å². The molecule has 6 nitrogen and oxygen atoms in total. The van der Waals surface area contributed by atoms with Crippen molar-refractivity contribution in [2.24, 2.45) is 0 Å². The molecule has 28 heavy (non-hydrogen) atoms. The standard InChI is InChI=1S/C22H25N3O3/c26-21(25-10-7-17-3-1-2-4-19(17)16-25)18-5-6-20(23-15-18)24-11-8-22(9-12-24)27-13-14-28-22/h1-6,15H,7-14,16H2. The zero-order valence-corrected chi connectivity index (χ0v) is 16.0. The average Bonchev–Trinajstić information content (AvgIpc) is 3.21. The minimum Gasteiger partial charge on any atom is -0.356 e. The number of benzene rings is 1. The highest BCUT2D eigenvalue weighted by Crippen LogP contribution is 2.32. The van der Waals surface area contributed by atoms with Gasteiger partial charge in [-0.1, -0.05) is 24.3 Å². The van der Waals surface area contributed by atoms with E-state index in [0.717, 1.165) is 44.7 Å². The van der Waals surface area contributed by atoms with Crippen molar-refractivity contribution in [1.82, 2.24) is 9.88 Å². The van der Waals surface area contributed by atoms with Crippen LogP contribution >= 0.6 is 0 Å². The Balaban J connectivity index is 1.24. The Kier molecular flexibility index (Phi) is 4.53. The minimum atomic E-state index is -0.378. The fraction of sp³-hybridized carbons (Fsp3) is 0.455. The molecule has 6 heteroatoms. The van der Waals surface area contributed by atoms with Gasteiger partial charge in [-0.3, -0.25) is 4.79 Å². The van der Waals surface area contributed by atoms with Crippen LogP contribution in [0.2, 0.25) is 0 Å². The first-order chi connectivity index (χ1) is 13.7. The number of carbonyl (C=O) groups excluding carboxylic acids is 1. The molecule has 1 aromatic carbocycles. The Morgan fingerprint density at radius 1 is 0.964 bits per heavy atom. The molecule has 0 aliphatic carbocycles. The van der Waals surface area contributed by atoms with E-state index >= 15 is 0 Å². The van der Waals surface area contributed by atoms with Gasteiger partial charge in [0.1, 0.15) is 5.82 Å². The number of amides is 1. The third kappa shape index (κ3) is 3.27. The summed E-state index contributed by atoms with van der Waals surface area (Å²) in [7, 11) is 0. The van der Waals surface area contributed by atoms with Gasteiger partial charge in [-0.05, 0) is 29.7 Å². The van der Waals surface area contributed by atoms with Gasteiger partial charge in [0.15, 0.2) is 5.79 Å². The van der Waals surface area contributed by atoms with Crippen molar-refractivity contribution in [1.29, 1.82) is 0 Å². The van der Waals surface area contributed by atoms with Crippen LogP contribution in [0.1, 0.15) is 34.3 Å². The topological polar surface area (TPSA) is 54.9 Å². The molecule has 2 fully saturated rings. The summed E-state index contributed by atoms with van der Waals surface area (Å²) in [5.74, 6) is 0.587. The van der Waals surface area contributed by atoms with Gasteiger partial charge >= 0.3 is 0 Å². The summed E-state index contributed by atoms with van der Waals surface area (Å²) in [5, 5.41) is 0. The molecule has 5 rings (SSSR count). The van der Waals surface area contributed by atoms with Crippen LogP contribution in [0.4, 0.5) is 5.82 Å². The lowest BCUT2D eigenvalue weighted by Crippen LogP contribution is -2.45. The second kappa shape index (κ2) is 7.18. The fourth-order valence-electron chi connectivity index (χ4n) is 4.41. The maximum atomic E-state index is 12.9. The summed E-state index contributed by atoms with van der Waals surface area (Å²) in [5.41, 5.74) is 3.24. The van der Waals surface area contributed by atoms with Crippen molar-refractivity contribution >= 4 is 11.7 Å². The molecule has 0 atom stereocenters. The molecule has 2 saturated heterocycles. The Morgan fingerprint density at radius 3 is 2.43 bits per heavy atom. The normalized spacial score (nSPS) is 21.0. The molecular formula is C22H25N3O3. The predicted octanol–water partition coefficient (Wildman–Crippen LogP) is 2.62. The van der Waals surface area contributed by atoms with Crippen molar-refractivity contribution in [3.05, 3.63) is 59.3 Å². The highest BCUT2D eigenvalue weighted by atomic mass is 16.7. The number of carbonyl (C=O) groups is 1. The highest BCUT2D eigenvalue weighted by Gasteiger charge is 2.40. The molecule has 3 aliphatic heterocycles. The fourth-order valence-corrected chi connectivity index (χ4v) is 4.41. The number of ether oxygens (including phenoxy) is 2. The second-order valence-electron chi connectivity index (χ2n) is 7.75. The average molecular weight is 379 g/mol. The number of hydrogen-bond donors (Lipinski definition) is 0. The largest absolute Gasteiger partial charge is 0.356 e. The third-order valence-corrected chi connectivity index (χ3v) is 6.08. The summed E-state index contributed by atoms with van der Waals surface area (Å²) in [6, 6.07) is 12.2. The number of nitrogens with zero attached hydrogens (tertiary/aromatic N) is 3. The van der Waals surface area contributed by atoms with Crippen molar-refractivity contribution in [3.63, 3.8) is 0 Å². The first-order valence-corrected chi connectivity index (χ1v) is 10.1. The maximum absolute atomic E-state index is 12.9. The molecule has 146 valence electrons. The quantitative estimate of drug-likeness (QED) is 0.803. The van der Waals surface area contributed by atoms with Gasteiger partial charge in [0.05, 0.1) is 18.8 Å². The number of pyridine rings is 1. The summed E-state index contributed by atoms with van der Waals surface area (Å²) in [6.45, 7) is 4.51. The van der Waals surface area contributed by atoms with E-state index < -0.39 is 0 Å². The first kappa shape index (κ1) is 17.6. The molecule has 4 heterocycles. The van der Waals surface area contributed by atoms with Crippen LogP contribution in [-0.2, 0) is 22.4 Å². The smallest absolute Gasteiger partial charge is 0.255 e. The number of aromatic nitrogens is 1. The van der Waals surface area contributed by atoms with E-state index in [1.165, 1.54) is 11.1 Å². The van der Waals surface area contributed by atoms with Crippen LogP contribution in [-0.4, -0.2) is 54.4 Å². The Morgan fingerprint density at radius 2 is 1.71 bits per heavy atom. The van der Waals surface area contributed by atoms with Crippen LogP contribution in [0.15, 0.2) is 42.6 Å². The lowest BCUT2D eigenvalue weighted by molar-refractivity contribution is -0.169. The van der Waals surface area contributed by atoms with Crippen LogP contribution in [0.5, 0.6) is 0 Å². The molecule has 0 bridgehead atoms. The molecule has 0 N–H and O–H groups in total. The number of piperidine rings is 1. The van der Waals surface area contributed by atoms with Crippen molar-refractivity contribution < 1.29 is 14.3 Å². The zero-order valence-electron chi connectivity index (χ0n) is 16.0. The summed E-state index contributed by atoms with van der Waals surface area (Å²) in [6.07, 6.45) is 4.32. The van der Waals surface area contributed by atoms with Gasteiger partial charge < -0.3 is 19.3 Å². The van der Waals surface area contributed by atoms with E-state index in [1.54, 1.807) is 6.20 Å². The van der Waals surface area contributed by atoms with Gasteiger partial charge in [-0.2, -0.15) is 0 Å². The van der Waals surface area contributed by atoms with Crippen LogP contribution in [0.25, 0.3) is 0 Å². The van der Waals surface area contributed by atoms with E-state index in [1.807, 2.05) is 23.1 Å². The van der Waals surface area contributed by atoms with E-state index in [9.17, 15) is 4.79 Å². The van der Waals surface area contributed by atoms with Crippen molar-refractivity contribution in [2.45, 2.75) is 31.6 Å². The van der Waals surface area contributed by atoms with Gasteiger partial charge in [0.2, 0.25) is 0 Å². The summed E-state index contributed by atoms with van der Waals surface area (Å²) >= 11 is 0. The number of anilines is 1. The molecule has 1 spiro atoms. The van der Waals surface area contributed by atoms with Gasteiger partial charge in [0, 0.05) is 45.2 Å². The lowest BCUT2D eigenvalue weighted by atomic mass is 9.99. The number of fused-ring (bicyclic) bond motifs is 1. The van der Waals surface area contributed by atoms with Crippen LogP contribution in [0.3, 0.4) is 0 Å². The molecule has 3 aliphatic rings. The molecule has 2 aromatic rings. The number of hydrogen-bond acceptors (Lipinski definition) is 5. The molecule has 0 radical (unpaired) electrons. The van der Waals surface area contributed by atoms with E-state index in [4.69, 9.17) is 9.47 Å². The van der Waals surface area contributed by atoms with E-state index in [2.05, 4.69) is 28.1 Å². The Bertz CT molecular complexity index is 852. The third-order valence-electron chi connectivity index (χ3n) is 6.08. The predicted molar refractivity (Wildman–Crippen MR) is 105 cm³/mol. The minimum absolute atomic E-state index is 0.0545. The summed E-state index contributed by atoms with van der Waals surface area (Å²) < 4.78 is 11.6. The Hall–Kier alpha value is -2.44. The van der Waals surface area contributed by atoms with Gasteiger partial charge in [-0.15, -0.1) is 0 Å². The Labute approximate surface area is 165 Å². The monoisotopic (exact) mass is 379 g/mol. The van der Waals surface area contributed by atoms with Crippen LogP contribution in [0, 0.1) is 0 Å². The zero-order chi connectivity index (χ0) is 19.0. The molecule has 0 saturated carbocycles. The van der Waals surface area contributed by atoms with Crippen molar-refractivity contribution in [3.8, 4) is 0 Å². The van der Waals surface area contributed by atoms with E-state index in [-0.39, 0.29) is 11.7 Å². The molecular weight excluding hydrogens is 354 g/mol. The second-order valence-corrected chi connectivity index (χ2v) is 7.75. The molecule has 1 amide bonds. The van der Waals surface area contributed by atoms with Crippen LogP contribution < -0.4 is 4.90 Å². The first-order valence-electron chi connectivity index (χ1n) is 10.1. The highest BCUT2D eigenvalue weighted by molar-refractivity contribution is 5.94. The van der Waals surface area contributed by atoms with Crippen molar-refractivity contribution in [2.75, 3.05) is 37.7 Å². The van der Waals surface area contributed by atoms with Gasteiger partial charge in [-0.25, -0.2) is 4.98 Å².